The van der Waals surface area contributed by atoms with Gasteiger partial charge in [0.2, 0.25) is 16.0 Å². The van der Waals surface area contributed by atoms with Crippen LogP contribution in [0.1, 0.15) is 16.8 Å². The molecule has 7 nitrogen and oxygen atoms in total. The van der Waals surface area contributed by atoms with Crippen molar-refractivity contribution in [2.24, 2.45) is 0 Å². The van der Waals surface area contributed by atoms with Crippen molar-refractivity contribution >= 4 is 16.0 Å². The van der Waals surface area contributed by atoms with Crippen LogP contribution in [0.3, 0.4) is 0 Å². The minimum absolute atomic E-state index is 0.149. The molecule has 8 heteroatoms. The smallest absolute Gasteiger partial charge is 0.243 e. The van der Waals surface area contributed by atoms with E-state index in [0.717, 1.165) is 16.9 Å². The minimum Gasteiger partial charge on any atom is -0.457 e. The highest BCUT2D eigenvalue weighted by molar-refractivity contribution is 7.89. The fraction of sp³-hybridized carbons (Fsp3) is 0.200. The fourth-order valence-electron chi connectivity index (χ4n) is 3.13. The number of hydrogen-bond acceptors (Lipinski definition) is 6. The van der Waals surface area contributed by atoms with Crippen LogP contribution in [0.25, 0.3) is 0 Å². The molecular formula is C20H20N4O3S. The molecule has 0 amide bonds. The summed E-state index contributed by atoms with van der Waals surface area (Å²) in [5.74, 6) is 1.47. The fourth-order valence-corrected chi connectivity index (χ4v) is 4.53. The molecule has 1 aliphatic heterocycles. The lowest BCUT2D eigenvalue weighted by Gasteiger charge is -2.27. The lowest BCUT2D eigenvalue weighted by atomic mass is 10.1. The summed E-state index contributed by atoms with van der Waals surface area (Å²) < 4.78 is 33.3. The number of benzene rings is 2. The quantitative estimate of drug-likeness (QED) is 0.728. The number of nitrogen functional groups attached to an aromatic ring is 1. The van der Waals surface area contributed by atoms with Crippen molar-refractivity contribution in [1.29, 1.82) is 0 Å². The van der Waals surface area contributed by atoms with Crippen LogP contribution in [0, 0.1) is 6.92 Å². The first-order chi connectivity index (χ1) is 13.4. The second-order valence-electron chi connectivity index (χ2n) is 6.63. The predicted octanol–water partition coefficient (Wildman–Crippen LogP) is 2.91. The van der Waals surface area contributed by atoms with E-state index in [4.69, 9.17) is 10.5 Å². The highest BCUT2D eigenvalue weighted by Gasteiger charge is 2.29. The van der Waals surface area contributed by atoms with Gasteiger partial charge in [-0.1, -0.05) is 18.2 Å². The Morgan fingerprint density at radius 1 is 1.11 bits per heavy atom. The number of anilines is 1. The Morgan fingerprint density at radius 2 is 1.86 bits per heavy atom. The Morgan fingerprint density at radius 3 is 2.61 bits per heavy atom. The van der Waals surface area contributed by atoms with Crippen molar-refractivity contribution in [1.82, 2.24) is 14.3 Å². The van der Waals surface area contributed by atoms with Crippen molar-refractivity contribution in [3.8, 4) is 11.5 Å². The largest absolute Gasteiger partial charge is 0.457 e. The third-order valence-corrected chi connectivity index (χ3v) is 6.57. The Kier molecular flexibility index (Phi) is 4.74. The number of nitrogens with two attached hydrogens (primary N) is 1. The van der Waals surface area contributed by atoms with Crippen LogP contribution < -0.4 is 10.5 Å². The monoisotopic (exact) mass is 396 g/mol. The van der Waals surface area contributed by atoms with Gasteiger partial charge in [0.25, 0.3) is 0 Å². The Labute approximate surface area is 163 Å². The lowest BCUT2D eigenvalue weighted by Crippen LogP contribution is -2.36. The van der Waals surface area contributed by atoms with Gasteiger partial charge in [-0.2, -0.15) is 4.31 Å². The van der Waals surface area contributed by atoms with Crippen molar-refractivity contribution in [2.45, 2.75) is 24.8 Å². The first kappa shape index (κ1) is 18.4. The minimum atomic E-state index is -3.64. The zero-order chi connectivity index (χ0) is 19.7. The summed E-state index contributed by atoms with van der Waals surface area (Å²) in [6.45, 7) is 2.52. The number of aromatic nitrogens is 2. The number of rotatable bonds is 4. The normalized spacial score (nSPS) is 14.5. The average Bonchev–Trinajstić information content (AvgIpc) is 2.69. The number of nitrogens with zero attached hydrogens (tertiary/aromatic N) is 3. The molecule has 0 aliphatic carbocycles. The van der Waals surface area contributed by atoms with Crippen molar-refractivity contribution in [3.05, 3.63) is 71.5 Å². The van der Waals surface area contributed by atoms with Gasteiger partial charge in [0, 0.05) is 12.7 Å². The summed E-state index contributed by atoms with van der Waals surface area (Å²) in [5.41, 5.74) is 8.23. The standard InChI is InChI=1S/C20H20N4O3S/c1-14-4-2-3-5-19(14)27-16-6-8-17(9-7-16)28(25,26)24-11-10-15-12-22-20(21)23-18(15)13-24/h2-9,12H,10-11,13H2,1H3,(H2,21,22,23). The topological polar surface area (TPSA) is 98.4 Å². The molecule has 0 saturated heterocycles. The third kappa shape index (κ3) is 3.56. The SMILES string of the molecule is Cc1ccccc1Oc1ccc(S(=O)(=O)N2CCc3cnc(N)nc3C2)cc1. The Hall–Kier alpha value is -2.97. The van der Waals surface area contributed by atoms with Crippen molar-refractivity contribution in [2.75, 3.05) is 12.3 Å². The molecule has 0 unspecified atom stereocenters. The summed E-state index contributed by atoms with van der Waals surface area (Å²) >= 11 is 0. The number of hydrogen-bond donors (Lipinski definition) is 1. The van der Waals surface area contributed by atoms with Gasteiger partial charge < -0.3 is 10.5 Å². The summed E-state index contributed by atoms with van der Waals surface area (Å²) in [4.78, 5) is 8.37. The van der Waals surface area contributed by atoms with E-state index in [1.54, 1.807) is 30.5 Å². The van der Waals surface area contributed by atoms with E-state index in [9.17, 15) is 8.42 Å². The summed E-state index contributed by atoms with van der Waals surface area (Å²) in [6, 6.07) is 14.1. The predicted molar refractivity (Wildman–Crippen MR) is 105 cm³/mol. The molecule has 3 aromatic rings. The number of sulfonamides is 1. The number of fused-ring (bicyclic) bond motifs is 1. The van der Waals surface area contributed by atoms with Crippen LogP contribution in [0.15, 0.2) is 59.6 Å². The van der Waals surface area contributed by atoms with E-state index in [1.807, 2.05) is 31.2 Å². The highest BCUT2D eigenvalue weighted by atomic mass is 32.2. The molecule has 144 valence electrons. The first-order valence-electron chi connectivity index (χ1n) is 8.87. The van der Waals surface area contributed by atoms with Gasteiger partial charge in [0.15, 0.2) is 0 Å². The van der Waals surface area contributed by atoms with Gasteiger partial charge in [-0.15, -0.1) is 0 Å². The van der Waals surface area contributed by atoms with Crippen molar-refractivity contribution in [3.63, 3.8) is 0 Å². The molecule has 0 saturated carbocycles. The van der Waals surface area contributed by atoms with Crippen LogP contribution >= 0.6 is 0 Å². The number of aryl methyl sites for hydroxylation is 1. The van der Waals surface area contributed by atoms with E-state index in [1.165, 1.54) is 4.31 Å². The summed E-state index contributed by atoms with van der Waals surface area (Å²) in [5, 5.41) is 0. The van der Waals surface area contributed by atoms with Crippen LogP contribution in [0.4, 0.5) is 5.95 Å². The molecule has 28 heavy (non-hydrogen) atoms. The second kappa shape index (κ2) is 7.21. The van der Waals surface area contributed by atoms with Crippen LogP contribution in [-0.4, -0.2) is 29.2 Å². The molecule has 1 aliphatic rings. The Bertz CT molecular complexity index is 1110. The van der Waals surface area contributed by atoms with Gasteiger partial charge in [0.05, 0.1) is 17.1 Å². The summed E-state index contributed by atoms with van der Waals surface area (Å²) in [6.07, 6.45) is 2.22. The maximum absolute atomic E-state index is 13.0. The van der Waals surface area contributed by atoms with Crippen LogP contribution in [0.2, 0.25) is 0 Å². The highest BCUT2D eigenvalue weighted by Crippen LogP contribution is 2.28. The van der Waals surface area contributed by atoms with Gasteiger partial charge in [-0.3, -0.25) is 0 Å². The van der Waals surface area contributed by atoms with Gasteiger partial charge in [0.1, 0.15) is 11.5 Å². The zero-order valence-corrected chi connectivity index (χ0v) is 16.2. The Balaban J connectivity index is 1.54. The molecule has 4 rings (SSSR count). The third-order valence-electron chi connectivity index (χ3n) is 4.71. The van der Waals surface area contributed by atoms with Crippen molar-refractivity contribution < 1.29 is 13.2 Å². The maximum atomic E-state index is 13.0. The number of ether oxygens (including phenoxy) is 1. The second-order valence-corrected chi connectivity index (χ2v) is 8.57. The first-order valence-corrected chi connectivity index (χ1v) is 10.3. The molecule has 1 aromatic heterocycles. The molecular weight excluding hydrogens is 376 g/mol. The molecule has 0 bridgehead atoms. The molecule has 2 N–H and O–H groups in total. The lowest BCUT2D eigenvalue weighted by molar-refractivity contribution is 0.385. The van der Waals surface area contributed by atoms with Gasteiger partial charge in [-0.25, -0.2) is 18.4 Å². The molecule has 2 aromatic carbocycles. The van der Waals surface area contributed by atoms with Gasteiger partial charge in [-0.05, 0) is 54.8 Å². The van der Waals surface area contributed by atoms with E-state index in [0.29, 0.717) is 24.4 Å². The molecule has 0 fully saturated rings. The van der Waals surface area contributed by atoms with E-state index < -0.39 is 10.0 Å². The van der Waals surface area contributed by atoms with Gasteiger partial charge >= 0.3 is 0 Å². The molecule has 0 radical (unpaired) electrons. The molecule has 0 atom stereocenters. The number of para-hydroxylation sites is 1. The molecule has 0 spiro atoms. The van der Waals surface area contributed by atoms with Crippen LogP contribution in [0.5, 0.6) is 11.5 Å². The van der Waals surface area contributed by atoms with E-state index in [2.05, 4.69) is 9.97 Å². The molecule has 2 heterocycles. The zero-order valence-electron chi connectivity index (χ0n) is 15.4. The summed E-state index contributed by atoms with van der Waals surface area (Å²) in [7, 11) is -3.64. The van der Waals surface area contributed by atoms with Crippen LogP contribution in [-0.2, 0) is 23.0 Å². The van der Waals surface area contributed by atoms with E-state index in [-0.39, 0.29) is 17.4 Å². The maximum Gasteiger partial charge on any atom is 0.243 e. The van der Waals surface area contributed by atoms with E-state index >= 15 is 0 Å². The average molecular weight is 396 g/mol.